The number of carbonyl (C=O) groups is 1. The van der Waals surface area contributed by atoms with Gasteiger partial charge in [-0.1, -0.05) is 65.7 Å². The molecular formula is C26H25Cl2N5O4S. The summed E-state index contributed by atoms with van der Waals surface area (Å²) in [6, 6.07) is 20.8. The minimum Gasteiger partial charge on any atom is -0.391 e. The van der Waals surface area contributed by atoms with Crippen LogP contribution in [0.2, 0.25) is 10.0 Å². The Hall–Kier alpha value is -3.44. The highest BCUT2D eigenvalue weighted by molar-refractivity contribution is 7.90. The van der Waals surface area contributed by atoms with E-state index in [1.807, 2.05) is 42.5 Å². The number of nitrogens with one attached hydrogen (secondary N) is 1. The molecule has 198 valence electrons. The van der Waals surface area contributed by atoms with Crippen molar-refractivity contribution >= 4 is 50.8 Å². The van der Waals surface area contributed by atoms with Crippen LogP contribution in [0.4, 0.5) is 0 Å². The summed E-state index contributed by atoms with van der Waals surface area (Å²) in [6.07, 6.45) is -1.28. The molecule has 0 saturated heterocycles. The molecule has 1 amide bonds. The zero-order valence-corrected chi connectivity index (χ0v) is 22.5. The van der Waals surface area contributed by atoms with Gasteiger partial charge in [-0.3, -0.25) is 4.79 Å². The van der Waals surface area contributed by atoms with Gasteiger partial charge in [-0.05, 0) is 54.4 Å². The molecule has 3 aromatic carbocycles. The Bertz CT molecular complexity index is 1460. The van der Waals surface area contributed by atoms with E-state index in [2.05, 4.69) is 9.71 Å². The summed E-state index contributed by atoms with van der Waals surface area (Å²) in [7, 11) is -4.18. The second-order valence-electron chi connectivity index (χ2n) is 8.64. The molecule has 0 radical (unpaired) electrons. The second kappa shape index (κ2) is 11.5. The summed E-state index contributed by atoms with van der Waals surface area (Å²) in [5, 5.41) is 17.1. The number of aliphatic imine (C=N–C) groups is 1. The Kier molecular flexibility index (Phi) is 8.37. The maximum atomic E-state index is 13.3. The van der Waals surface area contributed by atoms with E-state index in [4.69, 9.17) is 34.0 Å². The van der Waals surface area contributed by atoms with Gasteiger partial charge in [-0.25, -0.2) is 23.1 Å². The molecule has 1 heterocycles. The largest absolute Gasteiger partial charge is 0.391 e. The van der Waals surface area contributed by atoms with Crippen molar-refractivity contribution in [3.05, 3.63) is 100 Å². The highest BCUT2D eigenvalue weighted by Gasteiger charge is 2.34. The van der Waals surface area contributed by atoms with Crippen LogP contribution in [0, 0.1) is 0 Å². The van der Waals surface area contributed by atoms with Gasteiger partial charge in [-0.15, -0.1) is 0 Å². The fourth-order valence-electron chi connectivity index (χ4n) is 3.94. The maximum absolute atomic E-state index is 13.3. The van der Waals surface area contributed by atoms with Crippen LogP contribution in [0.3, 0.4) is 0 Å². The first-order chi connectivity index (χ1) is 18.0. The summed E-state index contributed by atoms with van der Waals surface area (Å²) >= 11 is 12.0. The van der Waals surface area contributed by atoms with Crippen molar-refractivity contribution in [1.29, 1.82) is 0 Å². The van der Waals surface area contributed by atoms with Crippen LogP contribution < -0.4 is 10.5 Å². The summed E-state index contributed by atoms with van der Waals surface area (Å²) in [5.74, 6) is -1.47. The third-order valence-corrected chi connectivity index (χ3v) is 7.71. The standard InChI is InChI=1S/C26H25Cl2N5O4S/c1-16(34)23(25(29)35)30-26(32-38(36,37)21-13-11-20(28)12-14-21)33-15-22(17-5-3-2-4-6-17)24(31-33)18-7-9-19(27)10-8-18/h2-14,16,22-23,34H,15H2,1H3,(H2,29,35)(H,30,32)/t16-,22?,23+/m0/s1. The number of aliphatic hydroxyl groups is 1. The molecule has 12 heteroatoms. The molecule has 1 aliphatic heterocycles. The molecule has 0 fully saturated rings. The quantitative estimate of drug-likeness (QED) is 0.294. The molecule has 4 N–H and O–H groups in total. The van der Waals surface area contributed by atoms with Crippen molar-refractivity contribution in [3.8, 4) is 0 Å². The van der Waals surface area contributed by atoms with Crippen molar-refractivity contribution in [3.63, 3.8) is 0 Å². The number of hydrogen-bond donors (Lipinski definition) is 3. The number of carbonyl (C=O) groups excluding carboxylic acids is 1. The van der Waals surface area contributed by atoms with Crippen LogP contribution in [-0.4, -0.2) is 54.8 Å². The average Bonchev–Trinajstić information content (AvgIpc) is 3.33. The van der Waals surface area contributed by atoms with Crippen LogP contribution in [0.5, 0.6) is 0 Å². The first kappa shape index (κ1) is 27.6. The van der Waals surface area contributed by atoms with Crippen LogP contribution in [0.15, 0.2) is 93.9 Å². The average molecular weight is 574 g/mol. The van der Waals surface area contributed by atoms with Gasteiger partial charge >= 0.3 is 0 Å². The monoisotopic (exact) mass is 573 g/mol. The lowest BCUT2D eigenvalue weighted by atomic mass is 9.91. The number of aliphatic hydroxyl groups excluding tert-OH is 1. The smallest absolute Gasteiger partial charge is 0.264 e. The molecule has 1 unspecified atom stereocenters. The number of hydrogen-bond acceptors (Lipinski definition) is 6. The molecular weight excluding hydrogens is 549 g/mol. The second-order valence-corrected chi connectivity index (χ2v) is 11.2. The lowest BCUT2D eigenvalue weighted by Crippen LogP contribution is -2.45. The molecule has 0 aromatic heterocycles. The number of nitrogens with two attached hydrogens (primary N) is 1. The van der Waals surface area contributed by atoms with E-state index in [1.165, 1.54) is 36.2 Å². The van der Waals surface area contributed by atoms with Crippen molar-refractivity contribution in [2.24, 2.45) is 15.8 Å². The highest BCUT2D eigenvalue weighted by atomic mass is 35.5. The van der Waals surface area contributed by atoms with Crippen molar-refractivity contribution in [1.82, 2.24) is 9.73 Å². The topological polar surface area (TPSA) is 137 Å². The van der Waals surface area contributed by atoms with Crippen LogP contribution in [0.1, 0.15) is 24.0 Å². The number of halogens is 2. The van der Waals surface area contributed by atoms with E-state index in [9.17, 15) is 18.3 Å². The van der Waals surface area contributed by atoms with Gasteiger partial charge in [0, 0.05) is 16.0 Å². The van der Waals surface area contributed by atoms with Crippen LogP contribution in [-0.2, 0) is 14.8 Å². The molecule has 1 aliphatic rings. The number of guanidine groups is 1. The predicted molar refractivity (Wildman–Crippen MR) is 148 cm³/mol. The van der Waals surface area contributed by atoms with Gasteiger partial charge in [0.05, 0.1) is 23.3 Å². The van der Waals surface area contributed by atoms with Gasteiger partial charge in [0.25, 0.3) is 10.0 Å². The number of benzene rings is 3. The Balaban J connectivity index is 1.81. The third-order valence-electron chi connectivity index (χ3n) is 5.86. The number of amides is 1. The summed E-state index contributed by atoms with van der Waals surface area (Å²) in [4.78, 5) is 16.2. The maximum Gasteiger partial charge on any atom is 0.264 e. The van der Waals surface area contributed by atoms with E-state index in [0.717, 1.165) is 11.1 Å². The molecule has 0 aliphatic carbocycles. The molecule has 3 aromatic rings. The molecule has 3 atom stereocenters. The lowest BCUT2D eigenvalue weighted by Gasteiger charge is -2.22. The number of sulfonamides is 1. The van der Waals surface area contributed by atoms with Gasteiger partial charge in [0.2, 0.25) is 11.9 Å². The summed E-state index contributed by atoms with van der Waals surface area (Å²) in [6.45, 7) is 1.53. The Morgan fingerprint density at radius 3 is 2.18 bits per heavy atom. The fraction of sp³-hybridized carbons (Fsp3) is 0.192. The highest BCUT2D eigenvalue weighted by Crippen LogP contribution is 2.30. The minimum atomic E-state index is -4.18. The molecule has 0 spiro atoms. The zero-order chi connectivity index (χ0) is 27.4. The van der Waals surface area contributed by atoms with E-state index in [1.54, 1.807) is 12.1 Å². The van der Waals surface area contributed by atoms with E-state index in [-0.39, 0.29) is 23.3 Å². The molecule has 4 rings (SSSR count). The van der Waals surface area contributed by atoms with Crippen molar-refractivity contribution in [2.75, 3.05) is 6.54 Å². The SMILES string of the molecule is C[C@H](O)[C@@H](N=C(NS(=O)(=O)c1ccc(Cl)cc1)N1CC(c2ccccc2)C(c2ccc(Cl)cc2)=N1)C(N)=O. The van der Waals surface area contributed by atoms with E-state index in [0.29, 0.717) is 15.8 Å². The van der Waals surface area contributed by atoms with Gasteiger partial charge in [0.1, 0.15) is 0 Å². The van der Waals surface area contributed by atoms with Crippen LogP contribution in [0.25, 0.3) is 0 Å². The zero-order valence-electron chi connectivity index (χ0n) is 20.2. The number of nitrogens with zero attached hydrogens (tertiary/aromatic N) is 3. The van der Waals surface area contributed by atoms with Crippen LogP contribution >= 0.6 is 23.2 Å². The lowest BCUT2D eigenvalue weighted by molar-refractivity contribution is -0.121. The van der Waals surface area contributed by atoms with Gasteiger partial charge in [0.15, 0.2) is 6.04 Å². The Labute approximate surface area is 230 Å². The molecule has 38 heavy (non-hydrogen) atoms. The molecule has 9 nitrogen and oxygen atoms in total. The number of rotatable bonds is 7. The van der Waals surface area contributed by atoms with Gasteiger partial charge in [-0.2, -0.15) is 5.10 Å². The normalized spacial score (nSPS) is 17.6. The molecule has 0 bridgehead atoms. The van der Waals surface area contributed by atoms with Crippen molar-refractivity contribution in [2.45, 2.75) is 29.9 Å². The summed E-state index contributed by atoms with van der Waals surface area (Å²) in [5.41, 5.74) is 7.81. The Morgan fingerprint density at radius 1 is 1.05 bits per heavy atom. The van der Waals surface area contributed by atoms with E-state index < -0.39 is 28.1 Å². The Morgan fingerprint density at radius 2 is 1.63 bits per heavy atom. The third kappa shape index (κ3) is 6.33. The fourth-order valence-corrected chi connectivity index (χ4v) is 5.20. The first-order valence-corrected chi connectivity index (χ1v) is 13.8. The number of primary amides is 1. The summed E-state index contributed by atoms with van der Waals surface area (Å²) < 4.78 is 29.0. The van der Waals surface area contributed by atoms with Crippen molar-refractivity contribution < 1.29 is 18.3 Å². The van der Waals surface area contributed by atoms with Gasteiger partial charge < -0.3 is 10.8 Å². The van der Waals surface area contributed by atoms with E-state index >= 15 is 0 Å². The molecule has 0 saturated carbocycles. The minimum absolute atomic E-state index is 0.0806. The first-order valence-electron chi connectivity index (χ1n) is 11.6. The number of hydrazone groups is 1. The predicted octanol–water partition coefficient (Wildman–Crippen LogP) is 3.37.